The van der Waals surface area contributed by atoms with Crippen molar-refractivity contribution in [3.05, 3.63) is 48.1 Å². The summed E-state index contributed by atoms with van der Waals surface area (Å²) in [6, 6.07) is 0.154. The van der Waals surface area contributed by atoms with Crippen LogP contribution >= 0.6 is 0 Å². The van der Waals surface area contributed by atoms with Gasteiger partial charge in [-0.15, -0.1) is 0 Å². The Bertz CT molecular complexity index is 726. The Morgan fingerprint density at radius 1 is 1.16 bits per heavy atom. The van der Waals surface area contributed by atoms with Crippen LogP contribution in [0, 0.1) is 0 Å². The fraction of sp³-hybridized carbons (Fsp3) is 0.615. The number of hydrogen-bond acceptors (Lipinski definition) is 4. The van der Waals surface area contributed by atoms with Crippen LogP contribution in [0.15, 0.2) is 48.1 Å². The molecule has 0 unspecified atom stereocenters. The molecule has 172 valence electrons. The van der Waals surface area contributed by atoms with Crippen LogP contribution in [0.5, 0.6) is 0 Å². The predicted octanol–water partition coefficient (Wildman–Crippen LogP) is 6.27. The minimum atomic E-state index is -0.510. The van der Waals surface area contributed by atoms with Gasteiger partial charge in [0, 0.05) is 12.1 Å². The van der Waals surface area contributed by atoms with Gasteiger partial charge >= 0.3 is 12.1 Å². The number of hydrogen-bond donors (Lipinski definition) is 0. The lowest BCUT2D eigenvalue weighted by Crippen LogP contribution is -2.49. The van der Waals surface area contributed by atoms with Gasteiger partial charge < -0.3 is 9.47 Å². The highest BCUT2D eigenvalue weighted by Gasteiger charge is 2.33. The van der Waals surface area contributed by atoms with E-state index in [2.05, 4.69) is 13.0 Å². The van der Waals surface area contributed by atoms with Crippen molar-refractivity contribution in [1.29, 1.82) is 0 Å². The van der Waals surface area contributed by atoms with E-state index in [9.17, 15) is 9.59 Å². The Hall–Kier alpha value is -2.30. The van der Waals surface area contributed by atoms with Crippen LogP contribution in [0.25, 0.3) is 0 Å². The number of nitrogens with zero attached hydrogens (tertiary/aromatic N) is 1. The molecular formula is C26H39NO4. The highest BCUT2D eigenvalue weighted by Crippen LogP contribution is 2.26. The lowest BCUT2D eigenvalue weighted by Gasteiger charge is -2.40. The molecule has 0 bridgehead atoms. The Morgan fingerprint density at radius 3 is 2.61 bits per heavy atom. The summed E-state index contributed by atoms with van der Waals surface area (Å²) in [4.78, 5) is 26.5. The van der Waals surface area contributed by atoms with Crippen LogP contribution in [-0.4, -0.2) is 40.8 Å². The third-order valence-corrected chi connectivity index (χ3v) is 5.45. The first kappa shape index (κ1) is 25.0. The summed E-state index contributed by atoms with van der Waals surface area (Å²) >= 11 is 0. The third-order valence-electron chi connectivity index (χ3n) is 5.45. The van der Waals surface area contributed by atoms with Crippen molar-refractivity contribution in [2.75, 3.05) is 0 Å². The van der Waals surface area contributed by atoms with Gasteiger partial charge in [-0.2, -0.15) is 0 Å². The van der Waals surface area contributed by atoms with E-state index in [-0.39, 0.29) is 30.3 Å². The number of ether oxygens (including phenoxy) is 2. The highest BCUT2D eigenvalue weighted by molar-refractivity contribution is 5.82. The van der Waals surface area contributed by atoms with E-state index < -0.39 is 5.60 Å². The standard InChI is InChI=1S/C26H39NO4/c1-20-12-11-17-23(27(20)25(29)31-26(3,4)5)16-10-9-13-21(2)30-24(28)19-18-22-14-7-6-8-15-22/h9-10,13-14,16,18-21,23H,6-8,11-12,15,17H2,1-5H3/b13-9-,16-10+,19-18+/t20-,21-,23+/m0/s1. The second-order valence-corrected chi connectivity index (χ2v) is 9.50. The summed E-state index contributed by atoms with van der Waals surface area (Å²) in [5.41, 5.74) is 0.703. The van der Waals surface area contributed by atoms with Crippen molar-refractivity contribution in [3.8, 4) is 0 Å². The van der Waals surface area contributed by atoms with E-state index in [1.807, 2.05) is 63.0 Å². The van der Waals surface area contributed by atoms with Crippen molar-refractivity contribution in [2.45, 2.75) is 103 Å². The molecule has 2 aliphatic rings. The largest absolute Gasteiger partial charge is 0.455 e. The van der Waals surface area contributed by atoms with Gasteiger partial charge in [0.25, 0.3) is 0 Å². The van der Waals surface area contributed by atoms with E-state index >= 15 is 0 Å². The van der Waals surface area contributed by atoms with Crippen LogP contribution in [0.4, 0.5) is 4.79 Å². The minimum Gasteiger partial charge on any atom is -0.455 e. The number of esters is 1. The first-order chi connectivity index (χ1) is 14.7. The van der Waals surface area contributed by atoms with Crippen LogP contribution in [-0.2, 0) is 14.3 Å². The van der Waals surface area contributed by atoms with Gasteiger partial charge in [0.15, 0.2) is 0 Å². The number of amides is 1. The Morgan fingerprint density at radius 2 is 1.94 bits per heavy atom. The van der Waals surface area contributed by atoms with Gasteiger partial charge in [-0.05, 0) is 85.6 Å². The number of carbonyl (C=O) groups is 2. The molecule has 0 spiro atoms. The zero-order valence-electron chi connectivity index (χ0n) is 19.8. The monoisotopic (exact) mass is 429 g/mol. The predicted molar refractivity (Wildman–Crippen MR) is 125 cm³/mol. The summed E-state index contributed by atoms with van der Waals surface area (Å²) < 4.78 is 11.0. The van der Waals surface area contributed by atoms with Gasteiger partial charge in [-0.1, -0.05) is 36.0 Å². The molecule has 0 aromatic carbocycles. The maximum Gasteiger partial charge on any atom is 0.411 e. The van der Waals surface area contributed by atoms with Crippen LogP contribution in [0.2, 0.25) is 0 Å². The molecule has 2 rings (SSSR count). The molecule has 3 atom stereocenters. The zero-order chi connectivity index (χ0) is 22.9. The second-order valence-electron chi connectivity index (χ2n) is 9.50. The lowest BCUT2D eigenvalue weighted by molar-refractivity contribution is -0.140. The van der Waals surface area contributed by atoms with Gasteiger partial charge in [0.1, 0.15) is 11.7 Å². The highest BCUT2D eigenvalue weighted by atomic mass is 16.6. The molecule has 5 heteroatoms. The maximum absolute atomic E-state index is 12.7. The van der Waals surface area contributed by atoms with E-state index in [4.69, 9.17) is 9.47 Å². The zero-order valence-corrected chi connectivity index (χ0v) is 19.8. The summed E-state index contributed by atoms with van der Waals surface area (Å²) in [6.07, 6.45) is 20.2. The maximum atomic E-state index is 12.7. The Balaban J connectivity index is 1.86. The topological polar surface area (TPSA) is 55.8 Å². The van der Waals surface area contributed by atoms with Crippen molar-refractivity contribution in [2.24, 2.45) is 0 Å². The average molecular weight is 430 g/mol. The molecule has 5 nitrogen and oxygen atoms in total. The fourth-order valence-corrected chi connectivity index (χ4v) is 3.91. The average Bonchev–Trinajstić information content (AvgIpc) is 2.69. The lowest BCUT2D eigenvalue weighted by atomic mass is 9.96. The van der Waals surface area contributed by atoms with E-state index in [1.54, 1.807) is 0 Å². The fourth-order valence-electron chi connectivity index (χ4n) is 3.91. The summed E-state index contributed by atoms with van der Waals surface area (Å²) in [7, 11) is 0. The first-order valence-electron chi connectivity index (χ1n) is 11.6. The van der Waals surface area contributed by atoms with E-state index in [1.165, 1.54) is 24.5 Å². The van der Waals surface area contributed by atoms with Crippen LogP contribution in [0.3, 0.4) is 0 Å². The molecule has 1 amide bonds. The van der Waals surface area contributed by atoms with Crippen molar-refractivity contribution >= 4 is 12.1 Å². The number of carbonyl (C=O) groups excluding carboxylic acids is 2. The molecule has 0 aromatic heterocycles. The van der Waals surface area contributed by atoms with E-state index in [0.29, 0.717) is 0 Å². The SMILES string of the molecule is C[C@@H](/C=C\C=C\[C@@H]1CCC[C@H](C)N1C(=O)OC(C)(C)C)OC(=O)/C=C/C1=CCCCC1. The molecule has 0 aromatic rings. The first-order valence-corrected chi connectivity index (χ1v) is 11.6. The van der Waals surface area contributed by atoms with Gasteiger partial charge in [-0.25, -0.2) is 9.59 Å². The Labute approximate surface area is 187 Å². The molecule has 1 aliphatic heterocycles. The minimum absolute atomic E-state index is 0.00723. The summed E-state index contributed by atoms with van der Waals surface area (Å²) in [5, 5.41) is 0. The van der Waals surface area contributed by atoms with Crippen molar-refractivity contribution in [1.82, 2.24) is 4.90 Å². The molecule has 1 saturated heterocycles. The van der Waals surface area contributed by atoms with Gasteiger partial charge in [-0.3, -0.25) is 4.90 Å². The van der Waals surface area contributed by atoms with Gasteiger partial charge in [0.2, 0.25) is 0 Å². The third kappa shape index (κ3) is 9.16. The molecular weight excluding hydrogens is 390 g/mol. The normalized spacial score (nSPS) is 23.9. The molecule has 1 heterocycles. The number of rotatable bonds is 6. The molecule has 1 aliphatic carbocycles. The molecule has 0 N–H and O–H groups in total. The molecule has 31 heavy (non-hydrogen) atoms. The quantitative estimate of drug-likeness (QED) is 0.284. The summed E-state index contributed by atoms with van der Waals surface area (Å²) in [6.45, 7) is 9.56. The second kappa shape index (κ2) is 11.9. The van der Waals surface area contributed by atoms with Crippen LogP contribution in [0.1, 0.15) is 79.6 Å². The molecule has 1 fully saturated rings. The molecule has 0 radical (unpaired) electrons. The molecule has 0 saturated carbocycles. The van der Waals surface area contributed by atoms with Crippen LogP contribution < -0.4 is 0 Å². The summed E-state index contributed by atoms with van der Waals surface area (Å²) in [5.74, 6) is -0.329. The van der Waals surface area contributed by atoms with Crippen molar-refractivity contribution < 1.29 is 19.1 Å². The smallest absolute Gasteiger partial charge is 0.411 e. The van der Waals surface area contributed by atoms with E-state index in [0.717, 1.165) is 32.1 Å². The number of allylic oxidation sites excluding steroid dienone is 5. The number of likely N-dealkylation sites (tertiary alicyclic amines) is 1. The number of piperidine rings is 1. The van der Waals surface area contributed by atoms with Crippen molar-refractivity contribution in [3.63, 3.8) is 0 Å². The Kier molecular flexibility index (Phi) is 9.60. The van der Waals surface area contributed by atoms with Gasteiger partial charge in [0.05, 0.1) is 6.04 Å².